The lowest BCUT2D eigenvalue weighted by Gasteiger charge is -2.01. The summed E-state index contributed by atoms with van der Waals surface area (Å²) in [5.74, 6) is 0.286. The molecule has 108 valence electrons. The van der Waals surface area contributed by atoms with Gasteiger partial charge in [0.25, 0.3) is 0 Å². The number of thiazole rings is 1. The van der Waals surface area contributed by atoms with Crippen LogP contribution in [0.5, 0.6) is 0 Å². The van der Waals surface area contributed by atoms with Gasteiger partial charge in [0.15, 0.2) is 5.78 Å². The molecule has 0 saturated carbocycles. The Morgan fingerprint density at radius 3 is 2.11 bits per heavy atom. The zero-order valence-corrected chi connectivity index (χ0v) is 13.4. The second-order valence-electron chi connectivity index (χ2n) is 5.30. The second-order valence-corrected chi connectivity index (χ2v) is 6.50. The van der Waals surface area contributed by atoms with Gasteiger partial charge in [-0.25, -0.2) is 4.98 Å². The molecule has 0 aromatic carbocycles. The first-order chi connectivity index (χ1) is 9.15. The molecule has 0 aliphatic rings. The third-order valence-corrected chi connectivity index (χ3v) is 4.53. The van der Waals surface area contributed by atoms with Crippen molar-refractivity contribution in [3.8, 4) is 0 Å². The van der Waals surface area contributed by atoms with Crippen LogP contribution in [-0.2, 0) is 0 Å². The summed E-state index contributed by atoms with van der Waals surface area (Å²) in [6, 6.07) is 0. The molecule has 1 aromatic rings. The van der Waals surface area contributed by atoms with Crippen LogP contribution in [0.1, 0.15) is 85.1 Å². The molecule has 0 atom stereocenters. The molecule has 0 fully saturated rings. The van der Waals surface area contributed by atoms with Gasteiger partial charge >= 0.3 is 0 Å². The van der Waals surface area contributed by atoms with E-state index in [4.69, 9.17) is 0 Å². The normalized spacial score (nSPS) is 10.9. The van der Waals surface area contributed by atoms with Crippen molar-refractivity contribution in [2.24, 2.45) is 0 Å². The summed E-state index contributed by atoms with van der Waals surface area (Å²) in [7, 11) is 0. The van der Waals surface area contributed by atoms with E-state index in [0.29, 0.717) is 6.42 Å². The van der Waals surface area contributed by atoms with E-state index in [1.165, 1.54) is 56.3 Å². The van der Waals surface area contributed by atoms with Gasteiger partial charge in [-0.3, -0.25) is 4.79 Å². The van der Waals surface area contributed by atoms with Crippen LogP contribution in [0.25, 0.3) is 0 Å². The number of carbonyl (C=O) groups is 1. The molecule has 0 saturated heterocycles. The molecule has 1 heterocycles. The molecule has 0 aliphatic heterocycles. The summed E-state index contributed by atoms with van der Waals surface area (Å²) >= 11 is 1.54. The highest BCUT2D eigenvalue weighted by Gasteiger charge is 2.12. The second kappa shape index (κ2) is 9.24. The molecule has 0 N–H and O–H groups in total. The lowest BCUT2D eigenvalue weighted by Crippen LogP contribution is -1.98. The molecule has 0 bridgehead atoms. The van der Waals surface area contributed by atoms with Crippen molar-refractivity contribution in [3.63, 3.8) is 0 Å². The largest absolute Gasteiger partial charge is 0.293 e. The van der Waals surface area contributed by atoms with Crippen LogP contribution in [0.3, 0.4) is 0 Å². The Morgan fingerprint density at radius 1 is 1.00 bits per heavy atom. The molecule has 3 heteroatoms. The number of ketones is 1. The maximum Gasteiger partial charge on any atom is 0.174 e. The van der Waals surface area contributed by atoms with E-state index >= 15 is 0 Å². The molecule has 0 unspecified atom stereocenters. The first-order valence-corrected chi connectivity index (χ1v) is 8.44. The van der Waals surface area contributed by atoms with Gasteiger partial charge in [-0.05, 0) is 20.3 Å². The lowest BCUT2D eigenvalue weighted by atomic mass is 10.1. The average Bonchev–Trinajstić information content (AvgIpc) is 2.71. The Morgan fingerprint density at radius 2 is 1.58 bits per heavy atom. The molecule has 19 heavy (non-hydrogen) atoms. The number of unbranched alkanes of at least 4 members (excludes halogenated alkanes) is 7. The zero-order chi connectivity index (χ0) is 14.1. The fourth-order valence-electron chi connectivity index (χ4n) is 2.32. The molecule has 0 amide bonds. The van der Waals surface area contributed by atoms with Gasteiger partial charge in [-0.2, -0.15) is 0 Å². The smallest absolute Gasteiger partial charge is 0.174 e. The monoisotopic (exact) mass is 281 g/mol. The Bertz CT molecular complexity index is 384. The lowest BCUT2D eigenvalue weighted by molar-refractivity contribution is 0.0982. The minimum absolute atomic E-state index is 0.286. The van der Waals surface area contributed by atoms with Crippen molar-refractivity contribution in [2.75, 3.05) is 0 Å². The average molecular weight is 281 g/mol. The summed E-state index contributed by atoms with van der Waals surface area (Å²) < 4.78 is 0. The molecule has 1 rings (SSSR count). The number of hydrogen-bond acceptors (Lipinski definition) is 3. The fourth-order valence-corrected chi connectivity index (χ4v) is 3.21. The van der Waals surface area contributed by atoms with Crippen LogP contribution >= 0.6 is 11.3 Å². The topological polar surface area (TPSA) is 30.0 Å². The van der Waals surface area contributed by atoms with Crippen molar-refractivity contribution >= 4 is 17.1 Å². The van der Waals surface area contributed by atoms with E-state index in [9.17, 15) is 4.79 Å². The standard InChI is InChI=1S/C16H27NOS/c1-4-5-6-7-8-9-10-11-12-15(18)16-13(2)17-14(3)19-16/h4-12H2,1-3H3. The molecule has 1 aromatic heterocycles. The summed E-state index contributed by atoms with van der Waals surface area (Å²) in [4.78, 5) is 17.2. The highest BCUT2D eigenvalue weighted by Crippen LogP contribution is 2.20. The van der Waals surface area contributed by atoms with Crippen LogP contribution in [0.15, 0.2) is 0 Å². The molecule has 0 aliphatic carbocycles. The number of aromatic nitrogens is 1. The van der Waals surface area contributed by atoms with Crippen molar-refractivity contribution in [3.05, 3.63) is 15.6 Å². The maximum atomic E-state index is 12.0. The van der Waals surface area contributed by atoms with Crippen LogP contribution in [0.4, 0.5) is 0 Å². The SMILES string of the molecule is CCCCCCCCCCC(=O)c1sc(C)nc1C. The van der Waals surface area contributed by atoms with E-state index in [0.717, 1.165) is 22.0 Å². The van der Waals surface area contributed by atoms with Crippen molar-refractivity contribution in [1.82, 2.24) is 4.98 Å². The number of nitrogens with zero attached hydrogens (tertiary/aromatic N) is 1. The number of carbonyl (C=O) groups excluding carboxylic acids is 1. The van der Waals surface area contributed by atoms with Crippen LogP contribution in [0, 0.1) is 13.8 Å². The number of rotatable bonds is 10. The Kier molecular flexibility index (Phi) is 7.96. The van der Waals surface area contributed by atoms with Gasteiger partial charge in [-0.15, -0.1) is 11.3 Å². The van der Waals surface area contributed by atoms with Gasteiger partial charge in [0, 0.05) is 6.42 Å². The highest BCUT2D eigenvalue weighted by molar-refractivity contribution is 7.13. The molecule has 0 radical (unpaired) electrons. The third kappa shape index (κ3) is 6.33. The Hall–Kier alpha value is -0.700. The minimum atomic E-state index is 0.286. The first kappa shape index (κ1) is 16.4. The van der Waals surface area contributed by atoms with Crippen molar-refractivity contribution in [1.29, 1.82) is 0 Å². The highest BCUT2D eigenvalue weighted by atomic mass is 32.1. The first-order valence-electron chi connectivity index (χ1n) is 7.62. The summed E-state index contributed by atoms with van der Waals surface area (Å²) in [6.45, 7) is 6.14. The van der Waals surface area contributed by atoms with Gasteiger partial charge in [0.1, 0.15) is 0 Å². The summed E-state index contributed by atoms with van der Waals surface area (Å²) in [6.07, 6.45) is 10.9. The number of aryl methyl sites for hydroxylation is 2. The van der Waals surface area contributed by atoms with Gasteiger partial charge in [-0.1, -0.05) is 51.9 Å². The molecule has 0 spiro atoms. The van der Waals surface area contributed by atoms with Gasteiger partial charge in [0.2, 0.25) is 0 Å². The van der Waals surface area contributed by atoms with Crippen molar-refractivity contribution < 1.29 is 4.79 Å². The van der Waals surface area contributed by atoms with Crippen LogP contribution in [-0.4, -0.2) is 10.8 Å². The third-order valence-electron chi connectivity index (χ3n) is 3.41. The molecule has 2 nitrogen and oxygen atoms in total. The van der Waals surface area contributed by atoms with Crippen LogP contribution < -0.4 is 0 Å². The fraction of sp³-hybridized carbons (Fsp3) is 0.750. The predicted octanol–water partition coefficient (Wildman–Crippen LogP) is 5.47. The van der Waals surface area contributed by atoms with Crippen molar-refractivity contribution in [2.45, 2.75) is 78.6 Å². The quantitative estimate of drug-likeness (QED) is 0.420. The minimum Gasteiger partial charge on any atom is -0.293 e. The number of hydrogen-bond donors (Lipinski definition) is 0. The Balaban J connectivity index is 2.09. The molecular formula is C16H27NOS. The zero-order valence-electron chi connectivity index (χ0n) is 12.6. The molecular weight excluding hydrogens is 254 g/mol. The Labute approximate surface area is 121 Å². The van der Waals surface area contributed by atoms with E-state index in [1.807, 2.05) is 13.8 Å². The van der Waals surface area contributed by atoms with E-state index in [2.05, 4.69) is 11.9 Å². The van der Waals surface area contributed by atoms with E-state index in [1.54, 1.807) is 0 Å². The summed E-state index contributed by atoms with van der Waals surface area (Å²) in [5, 5.41) is 0.997. The van der Waals surface area contributed by atoms with E-state index in [-0.39, 0.29) is 5.78 Å². The predicted molar refractivity (Wildman–Crippen MR) is 83.1 cm³/mol. The number of Topliss-reactive ketones (excluding diaryl/α,β-unsaturated/α-hetero) is 1. The van der Waals surface area contributed by atoms with E-state index < -0.39 is 0 Å². The maximum absolute atomic E-state index is 12.0. The van der Waals surface area contributed by atoms with Gasteiger partial charge in [0.05, 0.1) is 15.6 Å². The van der Waals surface area contributed by atoms with Gasteiger partial charge < -0.3 is 0 Å². The van der Waals surface area contributed by atoms with Crippen LogP contribution in [0.2, 0.25) is 0 Å². The summed E-state index contributed by atoms with van der Waals surface area (Å²) in [5.41, 5.74) is 0.909.